The van der Waals surface area contributed by atoms with E-state index in [-0.39, 0.29) is 6.54 Å². The van der Waals surface area contributed by atoms with Crippen LogP contribution in [0.5, 0.6) is 0 Å². The quantitative estimate of drug-likeness (QED) is 0.715. The molecule has 1 atom stereocenters. The van der Waals surface area contributed by atoms with Gasteiger partial charge in [0.15, 0.2) is 0 Å². The van der Waals surface area contributed by atoms with Gasteiger partial charge in [-0.15, -0.1) is 0 Å². The Kier molecular flexibility index (Phi) is 7.38. The number of halogens is 3. The van der Waals surface area contributed by atoms with Crippen molar-refractivity contribution in [3.8, 4) is 0 Å². The average molecular weight is 331 g/mol. The highest BCUT2D eigenvalue weighted by Gasteiger charge is 2.46. The number of alkyl halides is 3. The monoisotopic (exact) mass is 331 g/mol. The first kappa shape index (κ1) is 18.7. The standard InChI is InChI=1S/C6H11F3N2O2S.C6H13N/c7-6(8,9)14(12,13)11-5-2-1-3-10-4-5;7-6-4-2-1-3-5-6/h5,10-11H,1-4H2;6H,1-5,7H2. The molecule has 1 heterocycles. The van der Waals surface area contributed by atoms with Crippen molar-refractivity contribution in [2.24, 2.45) is 5.73 Å². The fourth-order valence-corrected chi connectivity index (χ4v) is 3.15. The van der Waals surface area contributed by atoms with Gasteiger partial charge in [0.1, 0.15) is 0 Å². The molecular weight excluding hydrogens is 307 g/mol. The van der Waals surface area contributed by atoms with E-state index >= 15 is 0 Å². The first-order valence-electron chi connectivity index (χ1n) is 7.27. The minimum Gasteiger partial charge on any atom is -0.328 e. The van der Waals surface area contributed by atoms with E-state index in [1.54, 1.807) is 4.72 Å². The maximum atomic E-state index is 11.9. The fraction of sp³-hybridized carbons (Fsp3) is 1.00. The summed E-state index contributed by atoms with van der Waals surface area (Å²) in [5, 5.41) is 2.81. The zero-order valence-electron chi connectivity index (χ0n) is 12.0. The van der Waals surface area contributed by atoms with Crippen molar-refractivity contribution in [2.75, 3.05) is 13.1 Å². The smallest absolute Gasteiger partial charge is 0.328 e. The molecule has 0 bridgehead atoms. The lowest BCUT2D eigenvalue weighted by molar-refractivity contribution is -0.0451. The number of hydrogen-bond acceptors (Lipinski definition) is 4. The van der Waals surface area contributed by atoms with Crippen LogP contribution >= 0.6 is 0 Å². The van der Waals surface area contributed by atoms with Crippen molar-refractivity contribution in [1.82, 2.24) is 10.0 Å². The third-order valence-electron chi connectivity index (χ3n) is 3.57. The molecule has 1 unspecified atom stereocenters. The molecule has 2 rings (SSSR count). The number of hydrogen-bond donors (Lipinski definition) is 3. The topological polar surface area (TPSA) is 84.2 Å². The zero-order valence-corrected chi connectivity index (χ0v) is 12.8. The van der Waals surface area contributed by atoms with Gasteiger partial charge in [-0.2, -0.15) is 13.2 Å². The van der Waals surface area contributed by atoms with Crippen molar-refractivity contribution >= 4 is 10.0 Å². The second-order valence-electron chi connectivity index (χ2n) is 5.51. The van der Waals surface area contributed by atoms with Crippen LogP contribution < -0.4 is 15.8 Å². The van der Waals surface area contributed by atoms with Crippen LogP contribution in [0.25, 0.3) is 0 Å². The number of sulfonamides is 1. The largest absolute Gasteiger partial charge is 0.511 e. The van der Waals surface area contributed by atoms with E-state index in [0.29, 0.717) is 25.4 Å². The summed E-state index contributed by atoms with van der Waals surface area (Å²) in [7, 11) is -5.19. The zero-order chi connectivity index (χ0) is 15.9. The normalized spacial score (nSPS) is 25.0. The molecule has 21 heavy (non-hydrogen) atoms. The highest BCUT2D eigenvalue weighted by atomic mass is 32.2. The van der Waals surface area contributed by atoms with Gasteiger partial charge in [0.2, 0.25) is 0 Å². The van der Waals surface area contributed by atoms with Crippen molar-refractivity contribution in [3.63, 3.8) is 0 Å². The molecule has 1 saturated carbocycles. The molecule has 0 radical (unpaired) electrons. The van der Waals surface area contributed by atoms with Gasteiger partial charge < -0.3 is 11.1 Å². The molecule has 5 nitrogen and oxygen atoms in total. The summed E-state index contributed by atoms with van der Waals surface area (Å²) >= 11 is 0. The van der Waals surface area contributed by atoms with Crippen LogP contribution in [0.2, 0.25) is 0 Å². The maximum absolute atomic E-state index is 11.9. The number of nitrogens with one attached hydrogen (secondary N) is 2. The van der Waals surface area contributed by atoms with Gasteiger partial charge in [-0.25, -0.2) is 13.1 Å². The van der Waals surface area contributed by atoms with E-state index in [1.165, 1.54) is 32.1 Å². The minimum atomic E-state index is -5.22. The Balaban J connectivity index is 0.000000262. The van der Waals surface area contributed by atoms with Gasteiger partial charge >= 0.3 is 15.5 Å². The number of rotatable bonds is 2. The summed E-state index contributed by atoms with van der Waals surface area (Å²) in [5.74, 6) is 0. The molecular formula is C12H24F3N3O2S. The van der Waals surface area contributed by atoms with Crippen LogP contribution in [-0.4, -0.2) is 39.1 Å². The van der Waals surface area contributed by atoms with Gasteiger partial charge in [0.05, 0.1) is 0 Å². The Bertz CT molecular complexity index is 389. The predicted molar refractivity (Wildman–Crippen MR) is 75.1 cm³/mol. The highest BCUT2D eigenvalue weighted by molar-refractivity contribution is 7.90. The van der Waals surface area contributed by atoms with Gasteiger partial charge in [0, 0.05) is 18.6 Å². The third kappa shape index (κ3) is 6.94. The Morgan fingerprint density at radius 2 is 1.67 bits per heavy atom. The number of piperidine rings is 1. The Hall–Kier alpha value is -0.380. The molecule has 0 aromatic rings. The van der Waals surface area contributed by atoms with Crippen LogP contribution in [0.15, 0.2) is 0 Å². The molecule has 0 aromatic heterocycles. The molecule has 4 N–H and O–H groups in total. The van der Waals surface area contributed by atoms with Crippen molar-refractivity contribution in [2.45, 2.75) is 62.5 Å². The molecule has 1 saturated heterocycles. The van der Waals surface area contributed by atoms with Crippen LogP contribution in [0.3, 0.4) is 0 Å². The van der Waals surface area contributed by atoms with E-state index in [2.05, 4.69) is 5.32 Å². The average Bonchev–Trinajstić information content (AvgIpc) is 2.39. The van der Waals surface area contributed by atoms with Gasteiger partial charge in [-0.1, -0.05) is 19.3 Å². The molecule has 126 valence electrons. The lowest BCUT2D eigenvalue weighted by Gasteiger charge is -2.23. The SMILES string of the molecule is NC1CCCCC1.O=S(=O)(NC1CCCNC1)C(F)(F)F. The summed E-state index contributed by atoms with van der Waals surface area (Å²) in [4.78, 5) is 0. The summed E-state index contributed by atoms with van der Waals surface area (Å²) in [6.45, 7) is 0.958. The summed E-state index contributed by atoms with van der Waals surface area (Å²) in [6.07, 6.45) is 7.77. The summed E-state index contributed by atoms with van der Waals surface area (Å²) < 4.78 is 58.7. The van der Waals surface area contributed by atoms with Crippen LogP contribution in [-0.2, 0) is 10.0 Å². The minimum absolute atomic E-state index is 0.245. The van der Waals surface area contributed by atoms with E-state index in [1.807, 2.05) is 0 Å². The molecule has 0 amide bonds. The van der Waals surface area contributed by atoms with Crippen LogP contribution in [0.1, 0.15) is 44.9 Å². The lowest BCUT2D eigenvalue weighted by atomic mass is 9.97. The predicted octanol–water partition coefficient (Wildman–Crippen LogP) is 1.46. The fourth-order valence-electron chi connectivity index (χ4n) is 2.37. The molecule has 1 aliphatic heterocycles. The second-order valence-corrected chi connectivity index (χ2v) is 7.21. The summed E-state index contributed by atoms with van der Waals surface area (Å²) in [6, 6.07) is -0.121. The molecule has 9 heteroatoms. The molecule has 2 fully saturated rings. The molecule has 2 aliphatic rings. The lowest BCUT2D eigenvalue weighted by Crippen LogP contribution is -2.49. The van der Waals surface area contributed by atoms with E-state index < -0.39 is 21.6 Å². The molecule has 0 aromatic carbocycles. The Labute approximate surface area is 123 Å². The van der Waals surface area contributed by atoms with E-state index in [9.17, 15) is 21.6 Å². The van der Waals surface area contributed by atoms with Crippen molar-refractivity contribution in [3.05, 3.63) is 0 Å². The second kappa shape index (κ2) is 8.30. The Morgan fingerprint density at radius 1 is 1.05 bits per heavy atom. The van der Waals surface area contributed by atoms with Gasteiger partial charge in [0.25, 0.3) is 0 Å². The third-order valence-corrected chi connectivity index (χ3v) is 4.83. The van der Waals surface area contributed by atoms with Gasteiger partial charge in [-0.05, 0) is 32.2 Å². The summed E-state index contributed by atoms with van der Waals surface area (Å²) in [5.41, 5.74) is 0.417. The number of nitrogens with two attached hydrogens (primary N) is 1. The maximum Gasteiger partial charge on any atom is 0.511 e. The highest BCUT2D eigenvalue weighted by Crippen LogP contribution is 2.22. The Morgan fingerprint density at radius 3 is 2.05 bits per heavy atom. The van der Waals surface area contributed by atoms with E-state index in [0.717, 1.165) is 0 Å². The molecule has 1 aliphatic carbocycles. The first-order chi connectivity index (χ1) is 9.72. The van der Waals surface area contributed by atoms with Crippen LogP contribution in [0, 0.1) is 0 Å². The van der Waals surface area contributed by atoms with Crippen molar-refractivity contribution in [1.29, 1.82) is 0 Å². The van der Waals surface area contributed by atoms with Gasteiger partial charge in [-0.3, -0.25) is 0 Å². The van der Waals surface area contributed by atoms with Crippen LogP contribution in [0.4, 0.5) is 13.2 Å². The molecule has 0 spiro atoms. The first-order valence-corrected chi connectivity index (χ1v) is 8.75. The van der Waals surface area contributed by atoms with Crippen molar-refractivity contribution < 1.29 is 21.6 Å². The van der Waals surface area contributed by atoms with E-state index in [4.69, 9.17) is 5.73 Å².